The Balaban J connectivity index is 0.760. The number of carbonyl (C=O) groups is 3. The first-order valence-electron chi connectivity index (χ1n) is 26.7. The highest BCUT2D eigenvalue weighted by molar-refractivity contribution is 9.10. The quantitative estimate of drug-likeness (QED) is 0.0903. The molecule has 0 spiro atoms. The van der Waals surface area contributed by atoms with Crippen molar-refractivity contribution < 1.29 is 24.2 Å². The van der Waals surface area contributed by atoms with Crippen molar-refractivity contribution in [2.45, 2.75) is 141 Å². The molecule has 2 unspecified atom stereocenters. The van der Waals surface area contributed by atoms with E-state index in [1.165, 1.54) is 23.3 Å². The van der Waals surface area contributed by atoms with Crippen LogP contribution >= 0.6 is 27.3 Å². The van der Waals surface area contributed by atoms with Crippen molar-refractivity contribution in [2.75, 3.05) is 39.4 Å². The number of β-amino-alcohol motifs (C(OH)–C–C–N with tert-alkyl or cyclic N) is 1. The molecule has 3 aromatic carbocycles. The van der Waals surface area contributed by atoms with Crippen LogP contribution in [-0.2, 0) is 19.1 Å². The summed E-state index contributed by atoms with van der Waals surface area (Å²) in [6, 6.07) is 18.9. The van der Waals surface area contributed by atoms with E-state index >= 15 is 0 Å². The van der Waals surface area contributed by atoms with Crippen LogP contribution in [0.2, 0.25) is 0 Å². The van der Waals surface area contributed by atoms with Gasteiger partial charge in [-0.1, -0.05) is 82.9 Å². The molecule has 73 heavy (non-hydrogen) atoms. The number of fused-ring (bicyclic) bond motifs is 6. The van der Waals surface area contributed by atoms with Crippen LogP contribution in [0.25, 0.3) is 38.2 Å². The molecule has 3 aliphatic carbocycles. The third kappa shape index (κ3) is 9.68. The molecular formula is C57H69BrN8O6S. The average Bonchev–Trinajstić information content (AvgIpc) is 3.83. The number of hydrogen-bond donors (Lipinski definition) is 3. The highest BCUT2D eigenvalue weighted by atomic mass is 79.9. The second-order valence-corrected chi connectivity index (χ2v) is 24.6. The molecule has 3 saturated carbocycles. The van der Waals surface area contributed by atoms with Crippen LogP contribution in [0.15, 0.2) is 75.4 Å². The van der Waals surface area contributed by atoms with Gasteiger partial charge in [-0.2, -0.15) is 4.98 Å². The Morgan fingerprint density at radius 3 is 2.44 bits per heavy atom. The summed E-state index contributed by atoms with van der Waals surface area (Å²) in [4.78, 5) is 70.6. The van der Waals surface area contributed by atoms with Crippen LogP contribution in [0.4, 0.5) is 0 Å². The molecule has 2 saturated heterocycles. The lowest BCUT2D eigenvalue weighted by Gasteiger charge is -2.37. The second kappa shape index (κ2) is 20.3. The Morgan fingerprint density at radius 2 is 1.71 bits per heavy atom. The first-order valence-corrected chi connectivity index (χ1v) is 28.4. The Morgan fingerprint density at radius 1 is 0.945 bits per heavy atom. The molecule has 0 radical (unpaired) electrons. The Bertz CT molecular complexity index is 3110. The summed E-state index contributed by atoms with van der Waals surface area (Å²) in [5.74, 6) is 0.743. The van der Waals surface area contributed by atoms with Crippen molar-refractivity contribution in [3.05, 3.63) is 97.8 Å². The molecule has 16 heteroatoms. The first kappa shape index (κ1) is 50.2. The number of nitrogens with one attached hydrogen (secondary N) is 2. The van der Waals surface area contributed by atoms with Gasteiger partial charge in [-0.3, -0.25) is 23.6 Å². The number of imidazole rings is 1. The van der Waals surface area contributed by atoms with Crippen LogP contribution < -0.4 is 16.2 Å². The molecule has 11 rings (SSSR count). The van der Waals surface area contributed by atoms with E-state index < -0.39 is 29.6 Å². The normalized spacial score (nSPS) is 23.8. The van der Waals surface area contributed by atoms with Crippen LogP contribution in [-0.4, -0.2) is 109 Å². The molecule has 3 N–H and O–H groups in total. The van der Waals surface area contributed by atoms with Gasteiger partial charge in [0.1, 0.15) is 12.1 Å². The van der Waals surface area contributed by atoms with Gasteiger partial charge >= 0.3 is 0 Å². The summed E-state index contributed by atoms with van der Waals surface area (Å²) >= 11 is 5.21. The molecule has 5 aliphatic rings. The van der Waals surface area contributed by atoms with E-state index in [1.807, 2.05) is 75.7 Å². The number of hydrogen-bond acceptors (Lipinski definition) is 10. The zero-order valence-electron chi connectivity index (χ0n) is 42.6. The van der Waals surface area contributed by atoms with Gasteiger partial charge in [-0.25, -0.2) is 4.98 Å². The van der Waals surface area contributed by atoms with Gasteiger partial charge in [0, 0.05) is 30.0 Å². The lowest BCUT2D eigenvalue weighted by atomic mass is 9.83. The number of carbonyl (C=O) groups excluding carboxylic acids is 3. The molecule has 386 valence electrons. The number of likely N-dealkylation sites (tertiary alicyclic amines) is 2. The molecule has 3 amide bonds. The molecule has 6 aromatic rings. The molecule has 5 heterocycles. The van der Waals surface area contributed by atoms with E-state index in [9.17, 15) is 24.3 Å². The molecule has 0 bridgehead atoms. The minimum Gasteiger partial charge on any atom is -0.391 e. The predicted molar refractivity (Wildman–Crippen MR) is 289 cm³/mol. The number of aliphatic hydroxyl groups is 1. The number of aromatic nitrogens is 4. The maximum atomic E-state index is 14.6. The first-order chi connectivity index (χ1) is 35.2. The largest absolute Gasteiger partial charge is 0.391 e. The van der Waals surface area contributed by atoms with Crippen molar-refractivity contribution in [3.63, 3.8) is 0 Å². The number of piperidine rings is 1. The average molecular weight is 1070 g/mol. The minimum absolute atomic E-state index is 0.0170. The fourth-order valence-electron chi connectivity index (χ4n) is 12.9. The minimum atomic E-state index is -0.913. The van der Waals surface area contributed by atoms with Gasteiger partial charge in [0.25, 0.3) is 5.56 Å². The summed E-state index contributed by atoms with van der Waals surface area (Å²) in [6.45, 7) is 11.1. The number of thiazole rings is 1. The third-order valence-electron chi connectivity index (χ3n) is 17.1. The van der Waals surface area contributed by atoms with Gasteiger partial charge < -0.3 is 34.8 Å². The number of nitrogens with zero attached hydrogens (tertiary/aromatic N) is 6. The molecule has 14 nitrogen and oxygen atoms in total. The lowest BCUT2D eigenvalue weighted by Crippen LogP contribution is -2.59. The molecule has 2 aliphatic heterocycles. The Hall–Kier alpha value is -5.00. The fraction of sp³-hybridized carbons (Fsp3) is 0.544. The highest BCUT2D eigenvalue weighted by Gasteiger charge is 2.61. The SMILES string of the molecule is Cc1ncsc1-c1ccc([C@H](COCCN2CCC(c3ccc4c(c3)n(C3CCCC3)c3nc(=O)c5c(Br)cccc5n43)CC2)NC(=O)[C@@H]2C[C@@H](O)CN2C(=O)[C@@H](NC(=O)C23CCCCC2C3)C(C)(C)C)cc1. The number of amides is 3. The smallest absolute Gasteiger partial charge is 0.283 e. The van der Waals surface area contributed by atoms with Crippen molar-refractivity contribution in [3.8, 4) is 10.4 Å². The zero-order valence-corrected chi connectivity index (χ0v) is 45.0. The van der Waals surface area contributed by atoms with E-state index in [-0.39, 0.29) is 48.3 Å². The van der Waals surface area contributed by atoms with Gasteiger partial charge in [0.15, 0.2) is 0 Å². The van der Waals surface area contributed by atoms with Crippen LogP contribution in [0, 0.1) is 23.7 Å². The summed E-state index contributed by atoms with van der Waals surface area (Å²) in [6.07, 6.45) is 10.7. The number of aryl methyl sites for hydroxylation is 1. The maximum Gasteiger partial charge on any atom is 0.283 e. The van der Waals surface area contributed by atoms with Gasteiger partial charge in [0.05, 0.1) is 68.8 Å². The zero-order chi connectivity index (χ0) is 50.8. The van der Waals surface area contributed by atoms with E-state index in [4.69, 9.17) is 9.72 Å². The maximum absolute atomic E-state index is 14.6. The van der Waals surface area contributed by atoms with Gasteiger partial charge in [0.2, 0.25) is 23.5 Å². The monoisotopic (exact) mass is 1070 g/mol. The van der Waals surface area contributed by atoms with Crippen molar-refractivity contribution in [1.82, 2.24) is 39.4 Å². The fourth-order valence-corrected chi connectivity index (χ4v) is 14.3. The topological polar surface area (TPSA) is 163 Å². The summed E-state index contributed by atoms with van der Waals surface area (Å²) in [7, 11) is 0. The Kier molecular flexibility index (Phi) is 13.9. The van der Waals surface area contributed by atoms with Crippen LogP contribution in [0.3, 0.4) is 0 Å². The highest BCUT2D eigenvalue weighted by Crippen LogP contribution is 2.61. The Labute approximate surface area is 439 Å². The number of ether oxygens (including phenoxy) is 1. The van der Waals surface area contributed by atoms with Gasteiger partial charge in [-0.05, 0) is 139 Å². The summed E-state index contributed by atoms with van der Waals surface area (Å²) < 4.78 is 11.7. The molecule has 5 fully saturated rings. The summed E-state index contributed by atoms with van der Waals surface area (Å²) in [5, 5.41) is 18.0. The number of halogens is 1. The lowest BCUT2D eigenvalue weighted by molar-refractivity contribution is -0.145. The molecule has 3 aromatic heterocycles. The standard InChI is InChI=1S/C57H69BrN8O6S/c1-34-49(73-33-59-34)37-17-15-36(16-18-37)43(60-51(68)47-29-41(67)31-64(47)53(70)50(56(2,3)4)61-54(71)57-23-8-7-10-39(57)30-57)32-72-27-26-63-24-21-35(22-25-63)38-19-20-44-46(28-38)65(40-11-5-6-12-40)55-62-52(69)48-42(58)13-9-14-45(48)66(44)55/h9,13-20,28,33,35,39-41,43,47,50,67H,5-8,10-12,21-27,29-32H2,1-4H3,(H,60,68)(H,61,71)/t39?,41-,43+,47+,50-,57?/m1/s1. The van der Waals surface area contributed by atoms with Crippen LogP contribution in [0.1, 0.15) is 133 Å². The second-order valence-electron chi connectivity index (χ2n) is 22.9. The number of benzene rings is 3. The molecule has 6 atom stereocenters. The van der Waals surface area contributed by atoms with E-state index in [2.05, 4.69) is 63.6 Å². The van der Waals surface area contributed by atoms with E-state index in [0.717, 1.165) is 126 Å². The van der Waals surface area contributed by atoms with E-state index in [1.54, 1.807) is 11.3 Å². The van der Waals surface area contributed by atoms with Crippen molar-refractivity contribution in [1.29, 1.82) is 0 Å². The molecular weight excluding hydrogens is 1000 g/mol. The van der Waals surface area contributed by atoms with Crippen molar-refractivity contribution in [2.24, 2.45) is 16.7 Å². The van der Waals surface area contributed by atoms with Crippen LogP contribution in [0.5, 0.6) is 0 Å². The number of rotatable bonds is 14. The van der Waals surface area contributed by atoms with E-state index in [0.29, 0.717) is 29.9 Å². The van der Waals surface area contributed by atoms with Crippen molar-refractivity contribution >= 4 is 72.7 Å². The summed E-state index contributed by atoms with van der Waals surface area (Å²) in [5.41, 5.74) is 7.90. The number of aliphatic hydroxyl groups excluding tert-OH is 1. The third-order valence-corrected chi connectivity index (χ3v) is 18.8. The van der Waals surface area contributed by atoms with Gasteiger partial charge in [-0.15, -0.1) is 11.3 Å². The predicted octanol–water partition coefficient (Wildman–Crippen LogP) is 9.24.